The standard InChI is InChI=1S/C26H35N3O3.C2HF3O2/c1-18-6-5-7-19(14-18)17-27-25(30)28-21-10-11-26(12-13-29(2)24(26)16-21)20-8-9-22(31-3)23(15-20)32-4;3-2(4,5)1(6)7/h5-9,14-15,21,24H,10-13,16-17H2,1-4H3,(H2,27,28,30);(H,6,7)/t21-,24+,26+;/m1./s1. The predicted octanol–water partition coefficient (Wildman–Crippen LogP) is 4.64. The number of carbonyl (C=O) groups is 2. The Morgan fingerprint density at radius 3 is 2.41 bits per heavy atom. The molecule has 4 rings (SSSR count). The molecule has 0 radical (unpaired) electrons. The van der Waals surface area contributed by atoms with E-state index in [0.29, 0.717) is 12.6 Å². The van der Waals surface area contributed by atoms with Crippen LogP contribution in [0.3, 0.4) is 0 Å². The zero-order chi connectivity index (χ0) is 28.8. The number of alkyl halides is 3. The molecular weight excluding hydrogens is 515 g/mol. The van der Waals surface area contributed by atoms with Crippen LogP contribution in [0.5, 0.6) is 11.5 Å². The molecule has 2 aromatic carbocycles. The molecule has 2 fully saturated rings. The van der Waals surface area contributed by atoms with Gasteiger partial charge in [0.15, 0.2) is 11.5 Å². The van der Waals surface area contributed by atoms with Crippen LogP contribution in [-0.2, 0) is 16.8 Å². The average Bonchev–Trinajstić information content (AvgIpc) is 3.23. The molecule has 2 aliphatic rings. The molecule has 39 heavy (non-hydrogen) atoms. The van der Waals surface area contributed by atoms with Crippen LogP contribution in [0.1, 0.15) is 42.4 Å². The van der Waals surface area contributed by atoms with Crippen molar-refractivity contribution in [3.63, 3.8) is 0 Å². The summed E-state index contributed by atoms with van der Waals surface area (Å²) in [6, 6.07) is 15.1. The second kappa shape index (κ2) is 12.6. The maximum absolute atomic E-state index is 12.6. The number of halogens is 3. The fraction of sp³-hybridized carbons (Fsp3) is 0.500. The van der Waals surface area contributed by atoms with Gasteiger partial charge in [0.25, 0.3) is 0 Å². The van der Waals surface area contributed by atoms with Crippen molar-refractivity contribution in [1.29, 1.82) is 0 Å². The largest absolute Gasteiger partial charge is 0.493 e. The van der Waals surface area contributed by atoms with Gasteiger partial charge in [-0.05, 0) is 69.5 Å². The number of ether oxygens (including phenoxy) is 2. The lowest BCUT2D eigenvalue weighted by Gasteiger charge is -2.45. The molecule has 0 bridgehead atoms. The van der Waals surface area contributed by atoms with Crippen molar-refractivity contribution in [3.8, 4) is 11.5 Å². The third-order valence-corrected chi connectivity index (χ3v) is 7.60. The Labute approximate surface area is 226 Å². The van der Waals surface area contributed by atoms with Gasteiger partial charge in [0.1, 0.15) is 0 Å². The molecule has 1 aliphatic carbocycles. The molecule has 1 aliphatic heterocycles. The van der Waals surface area contributed by atoms with Gasteiger partial charge in [0.05, 0.1) is 14.2 Å². The third kappa shape index (κ3) is 7.35. The number of likely N-dealkylation sites (N-methyl/N-ethyl adjacent to an activating group) is 1. The quantitative estimate of drug-likeness (QED) is 0.484. The van der Waals surface area contributed by atoms with Gasteiger partial charge < -0.3 is 30.1 Å². The van der Waals surface area contributed by atoms with Gasteiger partial charge in [0, 0.05) is 24.0 Å². The van der Waals surface area contributed by atoms with Gasteiger partial charge in [-0.2, -0.15) is 13.2 Å². The molecule has 2 amide bonds. The summed E-state index contributed by atoms with van der Waals surface area (Å²) in [4.78, 5) is 23.9. The fourth-order valence-corrected chi connectivity index (χ4v) is 5.64. The minimum absolute atomic E-state index is 0.0872. The number of aliphatic carboxylic acids is 1. The van der Waals surface area contributed by atoms with Crippen molar-refractivity contribution in [2.75, 3.05) is 27.8 Å². The van der Waals surface area contributed by atoms with Crippen molar-refractivity contribution in [1.82, 2.24) is 15.5 Å². The molecule has 0 aromatic heterocycles. The minimum Gasteiger partial charge on any atom is -0.493 e. The molecule has 11 heteroatoms. The van der Waals surface area contributed by atoms with Gasteiger partial charge in [-0.25, -0.2) is 9.59 Å². The summed E-state index contributed by atoms with van der Waals surface area (Å²) in [5.41, 5.74) is 3.72. The van der Waals surface area contributed by atoms with E-state index in [0.717, 1.165) is 49.3 Å². The zero-order valence-corrected chi connectivity index (χ0v) is 22.6. The number of amides is 2. The third-order valence-electron chi connectivity index (χ3n) is 7.60. The summed E-state index contributed by atoms with van der Waals surface area (Å²) in [7, 11) is 5.56. The normalized spacial score (nSPS) is 22.6. The second-order valence-electron chi connectivity index (χ2n) is 10.1. The lowest BCUT2D eigenvalue weighted by Crippen LogP contribution is -2.53. The first-order valence-electron chi connectivity index (χ1n) is 12.7. The minimum atomic E-state index is -5.08. The number of aryl methyl sites for hydroxylation is 1. The number of benzene rings is 2. The number of urea groups is 1. The summed E-state index contributed by atoms with van der Waals surface area (Å²) in [6.45, 7) is 3.67. The highest BCUT2D eigenvalue weighted by Crippen LogP contribution is 2.49. The average molecular weight is 552 g/mol. The van der Waals surface area contributed by atoms with Crippen LogP contribution in [0.4, 0.5) is 18.0 Å². The number of carbonyl (C=O) groups excluding carboxylic acids is 1. The van der Waals surface area contributed by atoms with Crippen molar-refractivity contribution < 1.29 is 37.3 Å². The molecule has 3 atom stereocenters. The monoisotopic (exact) mass is 551 g/mol. The van der Waals surface area contributed by atoms with E-state index in [2.05, 4.69) is 53.8 Å². The number of likely N-dealkylation sites (tertiary alicyclic amines) is 1. The van der Waals surface area contributed by atoms with Crippen LogP contribution in [0.2, 0.25) is 0 Å². The molecule has 2 aromatic rings. The van der Waals surface area contributed by atoms with Crippen LogP contribution in [0.25, 0.3) is 0 Å². The maximum Gasteiger partial charge on any atom is 0.490 e. The van der Waals surface area contributed by atoms with E-state index in [4.69, 9.17) is 19.4 Å². The first-order chi connectivity index (χ1) is 18.4. The predicted molar refractivity (Wildman–Crippen MR) is 140 cm³/mol. The number of fused-ring (bicyclic) bond motifs is 1. The fourth-order valence-electron chi connectivity index (χ4n) is 5.64. The molecule has 1 saturated carbocycles. The Hall–Kier alpha value is -3.47. The Kier molecular flexibility index (Phi) is 9.71. The number of carboxylic acids is 1. The summed E-state index contributed by atoms with van der Waals surface area (Å²) in [5, 5.41) is 13.4. The molecular formula is C28H36F3N3O5. The summed E-state index contributed by atoms with van der Waals surface area (Å²) in [6.07, 6.45) is -1.00. The zero-order valence-electron chi connectivity index (χ0n) is 22.6. The maximum atomic E-state index is 12.6. The summed E-state index contributed by atoms with van der Waals surface area (Å²) < 4.78 is 42.8. The topological polar surface area (TPSA) is 100 Å². The van der Waals surface area contributed by atoms with E-state index >= 15 is 0 Å². The van der Waals surface area contributed by atoms with E-state index in [-0.39, 0.29) is 17.5 Å². The van der Waals surface area contributed by atoms with E-state index in [1.54, 1.807) is 14.2 Å². The SMILES string of the molecule is COc1ccc([C@@]23CC[C@@H](NC(=O)NCc4cccc(C)c4)C[C@@H]2N(C)CC3)cc1OC.O=C(O)C(F)(F)F. The Bertz CT molecular complexity index is 1160. The highest BCUT2D eigenvalue weighted by atomic mass is 19.4. The highest BCUT2D eigenvalue weighted by Gasteiger charge is 2.50. The van der Waals surface area contributed by atoms with Crippen LogP contribution in [0, 0.1) is 6.92 Å². The Morgan fingerprint density at radius 2 is 1.79 bits per heavy atom. The first-order valence-corrected chi connectivity index (χ1v) is 12.7. The van der Waals surface area contributed by atoms with Gasteiger partial charge in [-0.1, -0.05) is 35.9 Å². The number of methoxy groups -OCH3 is 2. The van der Waals surface area contributed by atoms with Crippen LogP contribution < -0.4 is 20.1 Å². The van der Waals surface area contributed by atoms with Crippen LogP contribution in [0.15, 0.2) is 42.5 Å². The highest BCUT2D eigenvalue weighted by molar-refractivity contribution is 5.74. The van der Waals surface area contributed by atoms with Gasteiger partial charge in [-0.3, -0.25) is 0 Å². The Balaban J connectivity index is 0.000000532. The Morgan fingerprint density at radius 1 is 1.10 bits per heavy atom. The molecule has 1 heterocycles. The number of carboxylic acid groups (broad SMARTS) is 1. The van der Waals surface area contributed by atoms with Gasteiger partial charge in [-0.15, -0.1) is 0 Å². The van der Waals surface area contributed by atoms with Crippen LogP contribution in [-0.4, -0.2) is 68.1 Å². The van der Waals surface area contributed by atoms with Gasteiger partial charge in [0.2, 0.25) is 0 Å². The number of nitrogens with one attached hydrogen (secondary N) is 2. The summed E-state index contributed by atoms with van der Waals surface area (Å²) in [5.74, 6) is -1.22. The molecule has 0 spiro atoms. The van der Waals surface area contributed by atoms with E-state index in [9.17, 15) is 18.0 Å². The van der Waals surface area contributed by atoms with Gasteiger partial charge >= 0.3 is 18.2 Å². The molecule has 0 unspecified atom stereocenters. The second-order valence-corrected chi connectivity index (χ2v) is 10.1. The lowest BCUT2D eigenvalue weighted by molar-refractivity contribution is -0.192. The smallest absolute Gasteiger partial charge is 0.490 e. The van der Waals surface area contributed by atoms with Crippen molar-refractivity contribution in [3.05, 3.63) is 59.2 Å². The molecule has 214 valence electrons. The lowest BCUT2D eigenvalue weighted by atomic mass is 9.65. The number of nitrogens with zero attached hydrogens (tertiary/aromatic N) is 1. The number of hydrogen-bond acceptors (Lipinski definition) is 5. The summed E-state index contributed by atoms with van der Waals surface area (Å²) >= 11 is 0. The van der Waals surface area contributed by atoms with Crippen LogP contribution >= 0.6 is 0 Å². The first kappa shape index (κ1) is 30.1. The number of hydrogen-bond donors (Lipinski definition) is 3. The molecule has 8 nitrogen and oxygen atoms in total. The van der Waals surface area contributed by atoms with E-state index < -0.39 is 12.1 Å². The van der Waals surface area contributed by atoms with Crippen molar-refractivity contribution in [2.45, 2.75) is 62.8 Å². The van der Waals surface area contributed by atoms with E-state index in [1.807, 2.05) is 18.2 Å². The van der Waals surface area contributed by atoms with E-state index in [1.165, 1.54) is 11.1 Å². The molecule has 1 saturated heterocycles. The molecule has 3 N–H and O–H groups in total. The number of rotatable bonds is 6. The van der Waals surface area contributed by atoms with Crippen molar-refractivity contribution in [2.24, 2.45) is 0 Å². The van der Waals surface area contributed by atoms with Crippen molar-refractivity contribution >= 4 is 12.0 Å².